The number of aryl methyl sites for hydroxylation is 2. The molecule has 0 radical (unpaired) electrons. The maximum Gasteiger partial charge on any atom is 0.249 e. The SMILES string of the molecule is COc1ccc(/C=C/C(=O)Nc2c(-c3ccc(Br)cc3)c(C)nn2C)cc1F. The van der Waals surface area contributed by atoms with Crippen molar-refractivity contribution in [2.24, 2.45) is 7.05 Å². The van der Waals surface area contributed by atoms with E-state index in [-0.39, 0.29) is 11.7 Å². The van der Waals surface area contributed by atoms with Crippen LogP contribution >= 0.6 is 15.9 Å². The fraction of sp³-hybridized carbons (Fsp3) is 0.143. The first-order chi connectivity index (χ1) is 13.4. The summed E-state index contributed by atoms with van der Waals surface area (Å²) in [7, 11) is 3.17. The lowest BCUT2D eigenvalue weighted by molar-refractivity contribution is -0.111. The molecular formula is C21H19BrFN3O2. The van der Waals surface area contributed by atoms with Gasteiger partial charge in [0.15, 0.2) is 11.6 Å². The Hall–Kier alpha value is -2.93. The maximum absolute atomic E-state index is 13.8. The van der Waals surface area contributed by atoms with Crippen molar-refractivity contribution in [1.29, 1.82) is 0 Å². The predicted molar refractivity (Wildman–Crippen MR) is 112 cm³/mol. The van der Waals surface area contributed by atoms with E-state index in [1.807, 2.05) is 31.2 Å². The molecule has 0 saturated carbocycles. The van der Waals surface area contributed by atoms with Gasteiger partial charge in [0.2, 0.25) is 5.91 Å². The molecule has 144 valence electrons. The minimum Gasteiger partial charge on any atom is -0.494 e. The summed E-state index contributed by atoms with van der Waals surface area (Å²) in [5.41, 5.74) is 3.17. The number of carbonyl (C=O) groups is 1. The molecule has 0 aliphatic rings. The molecule has 0 bridgehead atoms. The van der Waals surface area contributed by atoms with Gasteiger partial charge in [-0.2, -0.15) is 5.10 Å². The van der Waals surface area contributed by atoms with Crippen molar-refractivity contribution in [2.75, 3.05) is 12.4 Å². The van der Waals surface area contributed by atoms with E-state index in [1.54, 1.807) is 23.9 Å². The van der Waals surface area contributed by atoms with Crippen molar-refractivity contribution in [1.82, 2.24) is 9.78 Å². The number of methoxy groups -OCH3 is 1. The van der Waals surface area contributed by atoms with E-state index < -0.39 is 5.82 Å². The van der Waals surface area contributed by atoms with Crippen LogP contribution in [0.25, 0.3) is 17.2 Å². The molecule has 0 unspecified atom stereocenters. The molecule has 3 aromatic rings. The summed E-state index contributed by atoms with van der Waals surface area (Å²) in [5.74, 6) is -0.0658. The minimum atomic E-state index is -0.482. The summed E-state index contributed by atoms with van der Waals surface area (Å²) in [6.45, 7) is 1.89. The molecule has 1 aromatic heterocycles. The van der Waals surface area contributed by atoms with Gasteiger partial charge in [-0.25, -0.2) is 4.39 Å². The summed E-state index contributed by atoms with van der Waals surface area (Å²) < 4.78 is 21.3. The van der Waals surface area contributed by atoms with Crippen molar-refractivity contribution in [3.63, 3.8) is 0 Å². The van der Waals surface area contributed by atoms with E-state index in [1.165, 1.54) is 25.3 Å². The highest BCUT2D eigenvalue weighted by atomic mass is 79.9. The van der Waals surface area contributed by atoms with Crippen molar-refractivity contribution in [3.05, 3.63) is 70.1 Å². The second kappa shape index (κ2) is 8.39. The van der Waals surface area contributed by atoms with Gasteiger partial charge < -0.3 is 10.1 Å². The molecule has 7 heteroatoms. The number of halogens is 2. The lowest BCUT2D eigenvalue weighted by atomic mass is 10.1. The van der Waals surface area contributed by atoms with E-state index in [0.29, 0.717) is 11.4 Å². The third-order valence-electron chi connectivity index (χ3n) is 4.20. The third kappa shape index (κ3) is 4.31. The Labute approximate surface area is 171 Å². The number of benzene rings is 2. The Morgan fingerprint density at radius 2 is 1.96 bits per heavy atom. The Balaban J connectivity index is 1.82. The lowest BCUT2D eigenvalue weighted by Gasteiger charge is -2.08. The largest absolute Gasteiger partial charge is 0.494 e. The number of hydrogen-bond donors (Lipinski definition) is 1. The van der Waals surface area contributed by atoms with Crippen LogP contribution in [0.15, 0.2) is 53.0 Å². The van der Waals surface area contributed by atoms with Gasteiger partial charge in [-0.05, 0) is 48.4 Å². The standard InChI is InChI=1S/C21H19BrFN3O2/c1-13-20(15-6-8-16(22)9-7-15)21(26(2)25-13)24-19(27)11-5-14-4-10-18(28-3)17(23)12-14/h4-12H,1-3H3,(H,24,27)/b11-5+. The highest BCUT2D eigenvalue weighted by molar-refractivity contribution is 9.10. The van der Waals surface area contributed by atoms with Crippen molar-refractivity contribution >= 4 is 33.7 Å². The minimum absolute atomic E-state index is 0.158. The van der Waals surface area contributed by atoms with Crippen molar-refractivity contribution < 1.29 is 13.9 Å². The van der Waals surface area contributed by atoms with Crippen molar-refractivity contribution in [2.45, 2.75) is 6.92 Å². The summed E-state index contributed by atoms with van der Waals surface area (Å²) >= 11 is 3.42. The third-order valence-corrected chi connectivity index (χ3v) is 4.73. The predicted octanol–water partition coefficient (Wildman–Crippen LogP) is 4.96. The fourth-order valence-corrected chi connectivity index (χ4v) is 3.14. The lowest BCUT2D eigenvalue weighted by Crippen LogP contribution is -2.12. The van der Waals surface area contributed by atoms with Crippen LogP contribution < -0.4 is 10.1 Å². The van der Waals surface area contributed by atoms with E-state index in [4.69, 9.17) is 4.74 Å². The summed E-state index contributed by atoms with van der Waals surface area (Å²) in [4.78, 5) is 12.4. The van der Waals surface area contributed by atoms with Crippen LogP contribution in [0.3, 0.4) is 0 Å². The highest BCUT2D eigenvalue weighted by Crippen LogP contribution is 2.32. The topological polar surface area (TPSA) is 56.1 Å². The van der Waals surface area contributed by atoms with E-state index in [0.717, 1.165) is 21.3 Å². The van der Waals surface area contributed by atoms with Gasteiger partial charge in [0, 0.05) is 23.2 Å². The summed E-state index contributed by atoms with van der Waals surface area (Å²) in [6.07, 6.45) is 2.90. The Morgan fingerprint density at radius 1 is 1.25 bits per heavy atom. The first-order valence-electron chi connectivity index (χ1n) is 8.51. The van der Waals surface area contributed by atoms with Crippen LogP contribution in [-0.2, 0) is 11.8 Å². The summed E-state index contributed by atoms with van der Waals surface area (Å²) in [5, 5.41) is 7.28. The Kier molecular flexibility index (Phi) is 5.94. The van der Waals surface area contributed by atoms with E-state index >= 15 is 0 Å². The second-order valence-electron chi connectivity index (χ2n) is 6.16. The molecular weight excluding hydrogens is 425 g/mol. The fourth-order valence-electron chi connectivity index (χ4n) is 2.88. The van der Waals surface area contributed by atoms with Crippen LogP contribution in [0.2, 0.25) is 0 Å². The van der Waals surface area contributed by atoms with E-state index in [9.17, 15) is 9.18 Å². The number of hydrogen-bond acceptors (Lipinski definition) is 3. The van der Waals surface area contributed by atoms with Gasteiger partial charge in [-0.1, -0.05) is 34.1 Å². The molecule has 1 N–H and O–H groups in total. The van der Waals surface area contributed by atoms with Crippen molar-refractivity contribution in [3.8, 4) is 16.9 Å². The van der Waals surface area contributed by atoms with Gasteiger partial charge in [-0.15, -0.1) is 0 Å². The number of anilines is 1. The monoisotopic (exact) mass is 443 g/mol. The number of rotatable bonds is 5. The first-order valence-corrected chi connectivity index (χ1v) is 9.30. The smallest absolute Gasteiger partial charge is 0.249 e. The number of carbonyl (C=O) groups excluding carboxylic acids is 1. The van der Waals surface area contributed by atoms with Gasteiger partial charge in [-0.3, -0.25) is 9.48 Å². The van der Waals surface area contributed by atoms with Crippen LogP contribution in [0, 0.1) is 12.7 Å². The molecule has 28 heavy (non-hydrogen) atoms. The van der Waals surface area contributed by atoms with Crippen LogP contribution in [-0.4, -0.2) is 22.8 Å². The van der Waals surface area contributed by atoms with Gasteiger partial charge >= 0.3 is 0 Å². The average molecular weight is 444 g/mol. The van der Waals surface area contributed by atoms with Gasteiger partial charge in [0.1, 0.15) is 5.82 Å². The number of nitrogens with zero attached hydrogens (tertiary/aromatic N) is 2. The molecule has 0 saturated heterocycles. The average Bonchev–Trinajstić information content (AvgIpc) is 2.94. The first kappa shape index (κ1) is 19.8. The molecule has 1 amide bonds. The molecule has 0 spiro atoms. The molecule has 0 aliphatic carbocycles. The molecule has 0 aliphatic heterocycles. The Bertz CT molecular complexity index is 1040. The number of nitrogens with one attached hydrogen (secondary N) is 1. The zero-order valence-corrected chi connectivity index (χ0v) is 17.2. The van der Waals surface area contributed by atoms with Crippen LogP contribution in [0.1, 0.15) is 11.3 Å². The number of amides is 1. The van der Waals surface area contributed by atoms with Gasteiger partial charge in [0.25, 0.3) is 0 Å². The quantitative estimate of drug-likeness (QED) is 0.567. The normalized spacial score (nSPS) is 11.0. The molecule has 0 atom stereocenters. The zero-order chi connectivity index (χ0) is 20.3. The molecule has 2 aromatic carbocycles. The highest BCUT2D eigenvalue weighted by Gasteiger charge is 2.16. The summed E-state index contributed by atoms with van der Waals surface area (Å²) in [6, 6.07) is 12.3. The van der Waals surface area contributed by atoms with Crippen LogP contribution in [0.4, 0.5) is 10.2 Å². The maximum atomic E-state index is 13.8. The van der Waals surface area contributed by atoms with Gasteiger partial charge in [0.05, 0.1) is 12.8 Å². The number of ether oxygens (including phenoxy) is 1. The van der Waals surface area contributed by atoms with E-state index in [2.05, 4.69) is 26.3 Å². The molecule has 5 nitrogen and oxygen atoms in total. The molecule has 1 heterocycles. The van der Waals surface area contributed by atoms with Crippen LogP contribution in [0.5, 0.6) is 5.75 Å². The zero-order valence-electron chi connectivity index (χ0n) is 15.7. The molecule has 0 fully saturated rings. The molecule has 3 rings (SSSR count). The number of aromatic nitrogens is 2. The second-order valence-corrected chi connectivity index (χ2v) is 7.07. The Morgan fingerprint density at radius 3 is 2.61 bits per heavy atom.